The molecule has 0 bridgehead atoms. The summed E-state index contributed by atoms with van der Waals surface area (Å²) in [7, 11) is 4.61. The van der Waals surface area contributed by atoms with Gasteiger partial charge in [-0.3, -0.25) is 0 Å². The third kappa shape index (κ3) is 3.93. The van der Waals surface area contributed by atoms with Gasteiger partial charge in [0.05, 0.1) is 27.9 Å². The minimum atomic E-state index is -0.541. The Kier molecular flexibility index (Phi) is 5.84. The average molecular weight is 383 g/mol. The lowest BCUT2D eigenvalue weighted by atomic mass is 10.1. The van der Waals surface area contributed by atoms with Crippen molar-refractivity contribution in [3.8, 4) is 23.0 Å². The zero-order valence-corrected chi connectivity index (χ0v) is 16.1. The molecule has 0 spiro atoms. The summed E-state index contributed by atoms with van der Waals surface area (Å²) in [5, 5.41) is 0. The summed E-state index contributed by atoms with van der Waals surface area (Å²) in [4.78, 5) is 16.6. The van der Waals surface area contributed by atoms with Crippen LogP contribution >= 0.6 is 0 Å². The van der Waals surface area contributed by atoms with Gasteiger partial charge in [-0.15, -0.1) is 0 Å². The van der Waals surface area contributed by atoms with Crippen molar-refractivity contribution >= 4 is 17.9 Å². The number of rotatable bonds is 7. The number of benzene rings is 2. The first kappa shape index (κ1) is 19.3. The van der Waals surface area contributed by atoms with E-state index in [1.807, 2.05) is 6.92 Å². The maximum Gasteiger partial charge on any atom is 0.363 e. The highest BCUT2D eigenvalue weighted by atomic mass is 16.6. The molecule has 0 aliphatic carbocycles. The molecule has 0 aromatic heterocycles. The number of carbonyl (C=O) groups is 1. The topological polar surface area (TPSA) is 75.6 Å². The van der Waals surface area contributed by atoms with Crippen molar-refractivity contribution in [2.24, 2.45) is 4.99 Å². The molecule has 0 saturated heterocycles. The minimum absolute atomic E-state index is 0.161. The van der Waals surface area contributed by atoms with Gasteiger partial charge in [-0.25, -0.2) is 9.79 Å². The Labute approximate surface area is 163 Å². The Morgan fingerprint density at radius 3 is 2.21 bits per heavy atom. The highest BCUT2D eigenvalue weighted by molar-refractivity contribution is 6.13. The van der Waals surface area contributed by atoms with Gasteiger partial charge in [0.15, 0.2) is 17.2 Å². The van der Waals surface area contributed by atoms with Gasteiger partial charge in [0.25, 0.3) is 0 Å². The summed E-state index contributed by atoms with van der Waals surface area (Å²) in [6.07, 6.45) is 1.59. The Balaban J connectivity index is 1.95. The van der Waals surface area contributed by atoms with Crippen LogP contribution in [0.5, 0.6) is 23.0 Å². The smallest absolute Gasteiger partial charge is 0.363 e. The van der Waals surface area contributed by atoms with Gasteiger partial charge in [0.2, 0.25) is 5.90 Å². The number of hydrogen-bond acceptors (Lipinski definition) is 7. The molecule has 2 aromatic rings. The number of hydrogen-bond donors (Lipinski definition) is 0. The number of carbonyl (C=O) groups excluding carboxylic acids is 1. The second-order valence-electron chi connectivity index (χ2n) is 5.74. The molecule has 1 heterocycles. The summed E-state index contributed by atoms with van der Waals surface area (Å²) >= 11 is 0. The molecule has 0 radical (unpaired) electrons. The van der Waals surface area contributed by atoms with E-state index in [2.05, 4.69) is 4.99 Å². The number of aliphatic imine (C=N–C) groups is 1. The molecule has 0 unspecified atom stereocenters. The Morgan fingerprint density at radius 2 is 1.61 bits per heavy atom. The van der Waals surface area contributed by atoms with Crippen LogP contribution in [0.2, 0.25) is 0 Å². The molecule has 0 atom stereocenters. The lowest BCUT2D eigenvalue weighted by molar-refractivity contribution is -0.129. The minimum Gasteiger partial charge on any atom is -0.496 e. The zero-order valence-electron chi connectivity index (χ0n) is 16.1. The quantitative estimate of drug-likeness (QED) is 0.538. The predicted molar refractivity (Wildman–Crippen MR) is 104 cm³/mol. The summed E-state index contributed by atoms with van der Waals surface area (Å²) in [6.45, 7) is 2.49. The van der Waals surface area contributed by atoms with E-state index >= 15 is 0 Å². The Bertz CT molecular complexity index is 931. The fourth-order valence-electron chi connectivity index (χ4n) is 2.71. The molecule has 28 heavy (non-hydrogen) atoms. The van der Waals surface area contributed by atoms with Crippen molar-refractivity contribution in [1.29, 1.82) is 0 Å². The molecule has 3 rings (SSSR count). The van der Waals surface area contributed by atoms with Gasteiger partial charge >= 0.3 is 5.97 Å². The van der Waals surface area contributed by atoms with E-state index in [-0.39, 0.29) is 11.6 Å². The zero-order chi connectivity index (χ0) is 20.1. The first-order valence-electron chi connectivity index (χ1n) is 8.65. The lowest BCUT2D eigenvalue weighted by Crippen LogP contribution is -2.05. The second kappa shape index (κ2) is 8.47. The van der Waals surface area contributed by atoms with Crippen molar-refractivity contribution < 1.29 is 28.5 Å². The normalized spacial score (nSPS) is 14.5. The fourth-order valence-corrected chi connectivity index (χ4v) is 2.71. The third-order valence-corrected chi connectivity index (χ3v) is 4.06. The molecule has 1 aliphatic heterocycles. The van der Waals surface area contributed by atoms with Crippen LogP contribution in [0.15, 0.2) is 47.1 Å². The fraction of sp³-hybridized carbons (Fsp3) is 0.238. The maximum atomic E-state index is 12.3. The van der Waals surface area contributed by atoms with Crippen molar-refractivity contribution in [1.82, 2.24) is 0 Å². The van der Waals surface area contributed by atoms with Gasteiger partial charge in [-0.1, -0.05) is 0 Å². The summed E-state index contributed by atoms with van der Waals surface area (Å²) < 4.78 is 26.7. The van der Waals surface area contributed by atoms with E-state index in [0.29, 0.717) is 35.0 Å². The molecule has 146 valence electrons. The van der Waals surface area contributed by atoms with Gasteiger partial charge in [-0.2, -0.15) is 0 Å². The molecular formula is C21H21NO6. The van der Waals surface area contributed by atoms with E-state index in [1.165, 1.54) is 21.3 Å². The first-order valence-corrected chi connectivity index (χ1v) is 8.65. The van der Waals surface area contributed by atoms with Crippen molar-refractivity contribution in [2.45, 2.75) is 6.92 Å². The van der Waals surface area contributed by atoms with Crippen LogP contribution < -0.4 is 18.9 Å². The standard InChI is InChI=1S/C21H21NO6/c1-5-27-15-8-6-13(7-9-15)20-22-16(21(23)28-20)10-14-11-18(25-3)19(26-4)12-17(14)24-2/h6-12H,5H2,1-4H3. The van der Waals surface area contributed by atoms with Crippen LogP contribution in [-0.4, -0.2) is 39.8 Å². The lowest BCUT2D eigenvalue weighted by Gasteiger charge is -2.12. The molecule has 0 N–H and O–H groups in total. The highest BCUT2D eigenvalue weighted by Gasteiger charge is 2.25. The van der Waals surface area contributed by atoms with Gasteiger partial charge in [-0.05, 0) is 43.3 Å². The van der Waals surface area contributed by atoms with Gasteiger partial charge < -0.3 is 23.7 Å². The second-order valence-corrected chi connectivity index (χ2v) is 5.74. The first-order chi connectivity index (χ1) is 13.6. The molecule has 1 aliphatic rings. The van der Waals surface area contributed by atoms with Crippen LogP contribution in [0.1, 0.15) is 18.1 Å². The van der Waals surface area contributed by atoms with Gasteiger partial charge in [0.1, 0.15) is 11.5 Å². The van der Waals surface area contributed by atoms with Crippen molar-refractivity contribution in [3.05, 3.63) is 53.2 Å². The molecule has 7 nitrogen and oxygen atoms in total. The van der Waals surface area contributed by atoms with Crippen LogP contribution in [0, 0.1) is 0 Å². The summed E-state index contributed by atoms with van der Waals surface area (Å²) in [6, 6.07) is 10.6. The Hall–Kier alpha value is -3.48. The average Bonchev–Trinajstić information content (AvgIpc) is 3.08. The molecule has 0 fully saturated rings. The SMILES string of the molecule is CCOc1ccc(C2=NC(=Cc3cc(OC)c(OC)cc3OC)C(=O)O2)cc1. The molecule has 2 aromatic carbocycles. The van der Waals surface area contributed by atoms with E-state index in [9.17, 15) is 4.79 Å². The van der Waals surface area contributed by atoms with Crippen molar-refractivity contribution in [3.63, 3.8) is 0 Å². The largest absolute Gasteiger partial charge is 0.496 e. The summed E-state index contributed by atoms with van der Waals surface area (Å²) in [5.41, 5.74) is 1.46. The highest BCUT2D eigenvalue weighted by Crippen LogP contribution is 2.36. The Morgan fingerprint density at radius 1 is 0.964 bits per heavy atom. The summed E-state index contributed by atoms with van der Waals surface area (Å²) in [5.74, 6) is 1.98. The number of cyclic esters (lactones) is 1. The number of esters is 1. The van der Waals surface area contributed by atoms with Crippen LogP contribution in [0.4, 0.5) is 0 Å². The van der Waals surface area contributed by atoms with E-state index in [0.717, 1.165) is 5.75 Å². The van der Waals surface area contributed by atoms with E-state index in [1.54, 1.807) is 42.5 Å². The maximum absolute atomic E-state index is 12.3. The predicted octanol–water partition coefficient (Wildman–Crippen LogP) is 3.46. The molecular weight excluding hydrogens is 362 g/mol. The monoisotopic (exact) mass is 383 g/mol. The van der Waals surface area contributed by atoms with Crippen LogP contribution in [0.25, 0.3) is 6.08 Å². The number of ether oxygens (including phenoxy) is 5. The number of nitrogens with zero attached hydrogens (tertiary/aromatic N) is 1. The third-order valence-electron chi connectivity index (χ3n) is 4.06. The van der Waals surface area contributed by atoms with E-state index < -0.39 is 5.97 Å². The molecule has 0 amide bonds. The van der Waals surface area contributed by atoms with Crippen molar-refractivity contribution in [2.75, 3.05) is 27.9 Å². The van der Waals surface area contributed by atoms with E-state index in [4.69, 9.17) is 23.7 Å². The van der Waals surface area contributed by atoms with Gasteiger partial charge in [0, 0.05) is 17.2 Å². The van der Waals surface area contributed by atoms with Crippen LogP contribution in [-0.2, 0) is 9.53 Å². The molecule has 7 heteroatoms. The molecule has 0 saturated carbocycles. The van der Waals surface area contributed by atoms with Crippen LogP contribution in [0.3, 0.4) is 0 Å². The number of methoxy groups -OCH3 is 3.